The van der Waals surface area contributed by atoms with E-state index in [4.69, 9.17) is 24.4 Å². The number of halogens is 4. The molecule has 4 N–H and O–H groups in total. The van der Waals surface area contributed by atoms with Crippen molar-refractivity contribution >= 4 is 46.0 Å². The minimum absolute atomic E-state index is 0. The molecule has 0 radical (unpaired) electrons. The topological polar surface area (TPSA) is 48.1 Å². The van der Waals surface area contributed by atoms with E-state index in [1.54, 1.807) is 0 Å². The fourth-order valence-electron chi connectivity index (χ4n) is 2.81. The smallest absolute Gasteiger partial charge is 0.383 e. The van der Waals surface area contributed by atoms with Crippen LogP contribution in [0.1, 0.15) is 39.5 Å². The second-order valence-electron chi connectivity index (χ2n) is 8.46. The quantitative estimate of drug-likeness (QED) is 0.0499. The van der Waals surface area contributed by atoms with E-state index in [1.165, 1.54) is 12.1 Å². The number of thiocarbonyl (C=S) groups is 2. The Morgan fingerprint density at radius 1 is 0.651 bits per heavy atom. The van der Waals surface area contributed by atoms with Gasteiger partial charge in [-0.05, 0) is 48.7 Å². The van der Waals surface area contributed by atoms with Crippen LogP contribution in [0.5, 0.6) is 0 Å². The van der Waals surface area contributed by atoms with Crippen molar-refractivity contribution in [1.29, 1.82) is 0 Å². The van der Waals surface area contributed by atoms with Crippen LogP contribution < -0.4 is 21.3 Å². The third-order valence-electron chi connectivity index (χ3n) is 4.96. The molecule has 4 aromatic carbocycles. The van der Waals surface area contributed by atoms with Gasteiger partial charge in [-0.1, -0.05) is 26.7 Å². The third kappa shape index (κ3) is 20.5. The summed E-state index contributed by atoms with van der Waals surface area (Å²) in [5.74, 6) is -3.01. The van der Waals surface area contributed by atoms with Gasteiger partial charge in [0.1, 0.15) is 0 Å². The van der Waals surface area contributed by atoms with E-state index in [-0.39, 0.29) is 33.1 Å². The van der Waals surface area contributed by atoms with Crippen LogP contribution in [0.4, 0.5) is 28.9 Å². The third-order valence-corrected chi connectivity index (χ3v) is 5.46. The van der Waals surface area contributed by atoms with Gasteiger partial charge < -0.3 is 21.3 Å². The molecule has 0 amide bonds. The predicted molar refractivity (Wildman–Crippen MR) is 173 cm³/mol. The van der Waals surface area contributed by atoms with Gasteiger partial charge in [-0.25, -0.2) is 41.8 Å². The van der Waals surface area contributed by atoms with Gasteiger partial charge in [0.15, 0.2) is 10.2 Å². The number of hydrogen-bond donors (Lipinski definition) is 4. The first-order valence-corrected chi connectivity index (χ1v) is 14.3. The van der Waals surface area contributed by atoms with Gasteiger partial charge in [0, 0.05) is 36.4 Å². The Morgan fingerprint density at radius 3 is 1.26 bits per heavy atom. The number of unbranched alkanes of at least 4 members (excludes halogenated alkanes) is 2. The Labute approximate surface area is 278 Å². The summed E-state index contributed by atoms with van der Waals surface area (Å²) in [5.41, 5.74) is 0.241. The zero-order chi connectivity index (χ0) is 31.0. The molecule has 0 saturated heterocycles. The van der Waals surface area contributed by atoms with Gasteiger partial charge in [-0.15, -0.1) is 36.4 Å². The molecule has 0 heterocycles. The Hall–Kier alpha value is -3.05. The minimum atomic E-state index is -0.778. The average molecular weight is 665 g/mol. The maximum Gasteiger partial charge on any atom is 4.00 e. The molecule has 43 heavy (non-hydrogen) atoms. The number of hydrogen-bond acceptors (Lipinski definition) is 2. The molecule has 0 aliphatic heterocycles. The first kappa shape index (κ1) is 40.0. The molecule has 0 spiro atoms. The van der Waals surface area contributed by atoms with Crippen molar-refractivity contribution in [2.45, 2.75) is 39.5 Å². The summed E-state index contributed by atoms with van der Waals surface area (Å²) >= 11 is 9.89. The van der Waals surface area contributed by atoms with Crippen molar-refractivity contribution < 1.29 is 39.3 Å². The molecule has 0 atom stereocenters. The number of benzene rings is 2. The number of anilines is 2. The largest absolute Gasteiger partial charge is 4.00 e. The summed E-state index contributed by atoms with van der Waals surface area (Å²) < 4.78 is 51.4. The minimum Gasteiger partial charge on any atom is -0.383 e. The summed E-state index contributed by atoms with van der Waals surface area (Å²) in [6, 6.07) is 28.7. The molecule has 0 aromatic heterocycles. The van der Waals surface area contributed by atoms with Crippen molar-refractivity contribution in [3.8, 4) is 0 Å². The number of nitrogens with one attached hydrogen (secondary N) is 4. The molecule has 0 aliphatic carbocycles. The first-order valence-electron chi connectivity index (χ1n) is 13.4. The van der Waals surface area contributed by atoms with E-state index in [0.717, 1.165) is 50.9 Å². The van der Waals surface area contributed by atoms with Crippen molar-refractivity contribution in [2.24, 2.45) is 0 Å². The fourth-order valence-corrected chi connectivity index (χ4v) is 3.24. The standard InChI is InChI=1S/2C11H13F2N2S.2C5H5.Ti/c2*1-2-3-6-14-11(16)15-10-5-4-8(12)7-9(10)13;2*1-2-4-5-3-1;/h2*4-5H,2-3,6H2,1H3,(H2,14,15,16);2*1-5H;/q4*-1;+4. The summed E-state index contributed by atoms with van der Waals surface area (Å²) in [7, 11) is 0. The van der Waals surface area contributed by atoms with Gasteiger partial charge in [-0.2, -0.15) is 36.4 Å². The molecule has 0 fully saturated rings. The van der Waals surface area contributed by atoms with Crippen molar-refractivity contribution in [1.82, 2.24) is 10.6 Å². The van der Waals surface area contributed by atoms with Crippen molar-refractivity contribution in [3.05, 3.63) is 120 Å². The van der Waals surface area contributed by atoms with Crippen LogP contribution in [-0.2, 0) is 21.7 Å². The molecule has 0 saturated carbocycles. The Bertz CT molecular complexity index is 1120. The molecular weight excluding hydrogens is 628 g/mol. The van der Waals surface area contributed by atoms with E-state index in [0.29, 0.717) is 10.2 Å². The second kappa shape index (κ2) is 25.5. The second-order valence-corrected chi connectivity index (χ2v) is 9.28. The monoisotopic (exact) mass is 664 g/mol. The van der Waals surface area contributed by atoms with Crippen LogP contribution in [0, 0.1) is 35.4 Å². The summed E-state index contributed by atoms with van der Waals surface area (Å²) in [4.78, 5) is 0. The molecule has 0 aliphatic rings. The van der Waals surface area contributed by atoms with Crippen LogP contribution in [0.25, 0.3) is 0 Å². The normalized spacial score (nSPS) is 9.26. The Kier molecular flexibility index (Phi) is 23.6. The maximum atomic E-state index is 13.2. The van der Waals surface area contributed by atoms with Crippen molar-refractivity contribution in [2.75, 3.05) is 23.7 Å². The molecule has 0 bridgehead atoms. The van der Waals surface area contributed by atoms with Crippen molar-refractivity contribution in [3.63, 3.8) is 0 Å². The Morgan fingerprint density at radius 2 is 1.00 bits per heavy atom. The van der Waals surface area contributed by atoms with Gasteiger partial charge in [0.05, 0.1) is 0 Å². The summed E-state index contributed by atoms with van der Waals surface area (Å²) in [5, 5.41) is 11.8. The van der Waals surface area contributed by atoms with E-state index in [2.05, 4.69) is 35.1 Å². The SMILES string of the molecule is CCCCNC(=S)Nc1ccc(F)[c-]c1F.CCCCNC(=S)Nc1ccc(F)[c-]c1F.[Ti+4].c1cc[cH-]c1.c1cc[cH-]c1. The average Bonchev–Trinajstić information content (AvgIpc) is 3.73. The van der Waals surface area contributed by atoms with Gasteiger partial charge in [-0.3, -0.25) is 0 Å². The van der Waals surface area contributed by atoms with Gasteiger partial charge >= 0.3 is 21.7 Å². The van der Waals surface area contributed by atoms with Gasteiger partial charge in [0.25, 0.3) is 0 Å². The first-order chi connectivity index (χ1) is 20.3. The zero-order valence-corrected chi connectivity index (χ0v) is 27.3. The van der Waals surface area contributed by atoms with Gasteiger partial charge in [0.2, 0.25) is 0 Å². The van der Waals surface area contributed by atoms with E-state index < -0.39 is 23.3 Å². The fraction of sp³-hybridized carbons (Fsp3) is 0.250. The zero-order valence-electron chi connectivity index (χ0n) is 24.2. The maximum absolute atomic E-state index is 13.2. The molecule has 4 nitrogen and oxygen atoms in total. The molecule has 4 aromatic rings. The van der Waals surface area contributed by atoms with Crippen LogP contribution >= 0.6 is 24.4 Å². The van der Waals surface area contributed by atoms with E-state index in [1.807, 2.05) is 72.8 Å². The van der Waals surface area contributed by atoms with E-state index in [9.17, 15) is 17.6 Å². The van der Waals surface area contributed by atoms with Crippen LogP contribution in [-0.4, -0.2) is 23.3 Å². The number of rotatable bonds is 8. The van der Waals surface area contributed by atoms with Crippen LogP contribution in [0.15, 0.2) is 84.9 Å². The molecule has 11 heteroatoms. The van der Waals surface area contributed by atoms with Crippen LogP contribution in [0.3, 0.4) is 0 Å². The Balaban J connectivity index is 0.000000608. The van der Waals surface area contributed by atoms with Crippen LogP contribution in [0.2, 0.25) is 0 Å². The molecular formula is C32H36F4N4S2Ti. The predicted octanol–water partition coefficient (Wildman–Crippen LogP) is 8.51. The summed E-state index contributed by atoms with van der Waals surface area (Å²) in [6.45, 7) is 5.59. The molecule has 4 rings (SSSR count). The summed E-state index contributed by atoms with van der Waals surface area (Å²) in [6.07, 6.45) is 4.07. The molecule has 228 valence electrons. The van der Waals surface area contributed by atoms with E-state index >= 15 is 0 Å². The molecule has 0 unspecified atom stereocenters.